The van der Waals surface area contributed by atoms with Gasteiger partial charge < -0.3 is 4.57 Å². The van der Waals surface area contributed by atoms with Crippen molar-refractivity contribution in [3.63, 3.8) is 0 Å². The first-order valence-electron chi connectivity index (χ1n) is 11.6. The van der Waals surface area contributed by atoms with Crippen LogP contribution in [0.25, 0.3) is 42.9 Å². The fraction of sp³-hybridized carbons (Fsp3) is 0.133. The molecule has 0 saturated carbocycles. The molecule has 1 aliphatic carbocycles. The van der Waals surface area contributed by atoms with Crippen LogP contribution < -0.4 is 0 Å². The summed E-state index contributed by atoms with van der Waals surface area (Å²) in [4.78, 5) is 0. The van der Waals surface area contributed by atoms with Gasteiger partial charge in [-0.1, -0.05) is 80.3 Å². The number of aryl methyl sites for hydroxylation is 1. The van der Waals surface area contributed by atoms with Crippen LogP contribution in [0.4, 0.5) is 0 Å². The Morgan fingerprint density at radius 1 is 0.594 bits per heavy atom. The lowest BCUT2D eigenvalue weighted by molar-refractivity contribution is 0.667. The van der Waals surface area contributed by atoms with Gasteiger partial charge in [0, 0.05) is 27.0 Å². The second-order valence-corrected chi connectivity index (χ2v) is 11.0. The average Bonchev–Trinajstić information content (AvgIpc) is 3.36. The lowest BCUT2D eigenvalue weighted by Crippen LogP contribution is -2.06. The fourth-order valence-corrected chi connectivity index (χ4v) is 8.37. The van der Waals surface area contributed by atoms with Gasteiger partial charge in [0.1, 0.15) is 0 Å². The molecule has 0 spiro atoms. The fourth-order valence-electron chi connectivity index (χ4n) is 5.73. The summed E-state index contributed by atoms with van der Waals surface area (Å²) in [6.45, 7) is 0. The van der Waals surface area contributed by atoms with Crippen LogP contribution in [-0.4, -0.2) is 4.57 Å². The second kappa shape index (κ2) is 7.12. The molecule has 1 aliphatic rings. The zero-order chi connectivity index (χ0) is 21.1. The van der Waals surface area contributed by atoms with Crippen LogP contribution in [0, 0.1) is 0 Å². The number of rotatable bonds is 2. The number of aromatic nitrogens is 1. The van der Waals surface area contributed by atoms with E-state index >= 15 is 0 Å². The van der Waals surface area contributed by atoms with Crippen LogP contribution in [-0.2, 0) is 12.8 Å². The lowest BCUT2D eigenvalue weighted by Gasteiger charge is -2.16. The quantitative estimate of drug-likeness (QED) is 0.259. The monoisotopic (exact) mass is 429 g/mol. The Labute approximate surface area is 189 Å². The highest BCUT2D eigenvalue weighted by Gasteiger charge is 2.23. The molecule has 0 N–H and O–H groups in total. The predicted molar refractivity (Wildman–Crippen MR) is 139 cm³/mol. The topological polar surface area (TPSA) is 4.93 Å². The van der Waals surface area contributed by atoms with Crippen LogP contribution in [0.1, 0.15) is 24.1 Å². The largest absolute Gasteiger partial charge is 0.313 e. The van der Waals surface area contributed by atoms with Crippen LogP contribution in [0.3, 0.4) is 0 Å². The summed E-state index contributed by atoms with van der Waals surface area (Å²) in [7, 11) is -0.513. The van der Waals surface area contributed by atoms with E-state index in [2.05, 4.69) is 102 Å². The van der Waals surface area contributed by atoms with Gasteiger partial charge in [-0.3, -0.25) is 0 Å². The van der Waals surface area contributed by atoms with E-state index in [1.165, 1.54) is 74.3 Å². The Bertz CT molecular complexity index is 1600. The Kier molecular flexibility index (Phi) is 4.07. The Morgan fingerprint density at radius 2 is 1.31 bits per heavy atom. The van der Waals surface area contributed by atoms with Crippen molar-refractivity contribution in [1.29, 1.82) is 0 Å². The predicted octanol–water partition coefficient (Wildman–Crippen LogP) is 8.79. The number of hydrogen-bond donors (Lipinski definition) is 0. The van der Waals surface area contributed by atoms with E-state index < -0.39 is 7.53 Å². The minimum Gasteiger partial charge on any atom is -0.313 e. The second-order valence-electron chi connectivity index (χ2n) is 8.88. The maximum Gasteiger partial charge on any atom is 0.0541 e. The Morgan fingerprint density at radius 3 is 2.16 bits per heavy atom. The van der Waals surface area contributed by atoms with Crippen molar-refractivity contribution in [3.8, 4) is 11.0 Å². The molecule has 0 aliphatic heterocycles. The van der Waals surface area contributed by atoms with Gasteiger partial charge in [0.2, 0.25) is 0 Å². The van der Waals surface area contributed by atoms with Gasteiger partial charge in [-0.15, -0.1) is 0 Å². The van der Waals surface area contributed by atoms with Crippen LogP contribution >= 0.6 is 7.53 Å². The third-order valence-electron chi connectivity index (χ3n) is 7.09. The van der Waals surface area contributed by atoms with Crippen molar-refractivity contribution >= 4 is 39.4 Å². The number of benzene rings is 4. The van der Waals surface area contributed by atoms with Gasteiger partial charge in [-0.2, -0.15) is 0 Å². The van der Waals surface area contributed by atoms with E-state index in [9.17, 15) is 0 Å². The molecule has 6 aromatic rings. The van der Waals surface area contributed by atoms with Crippen molar-refractivity contribution in [1.82, 2.24) is 4.57 Å². The van der Waals surface area contributed by atoms with E-state index in [0.29, 0.717) is 0 Å². The highest BCUT2D eigenvalue weighted by molar-refractivity contribution is 7.67. The molecule has 2 heterocycles. The average molecular weight is 430 g/mol. The first kappa shape index (κ1) is 18.3. The molecular weight excluding hydrogens is 405 g/mol. The zero-order valence-electron chi connectivity index (χ0n) is 18.0. The molecule has 1 atom stereocenters. The highest BCUT2D eigenvalue weighted by Crippen LogP contribution is 2.56. The van der Waals surface area contributed by atoms with Crippen molar-refractivity contribution in [2.45, 2.75) is 25.7 Å². The SMILES string of the molecule is c1ccc(-n2c3c(c4cc5c(cc42)c2ccccc2p5-c2ccccc2)CCCC3)cc1. The summed E-state index contributed by atoms with van der Waals surface area (Å²) in [5.41, 5.74) is 5.77. The molecule has 1 nitrogen and oxygen atoms in total. The summed E-state index contributed by atoms with van der Waals surface area (Å²) in [5, 5.41) is 8.78. The maximum atomic E-state index is 2.56. The third kappa shape index (κ3) is 2.58. The summed E-state index contributed by atoms with van der Waals surface area (Å²) in [5.74, 6) is 0. The summed E-state index contributed by atoms with van der Waals surface area (Å²) in [6.07, 6.45) is 4.95. The zero-order valence-corrected chi connectivity index (χ0v) is 18.9. The van der Waals surface area contributed by atoms with Crippen molar-refractivity contribution in [2.75, 3.05) is 0 Å². The molecule has 0 bridgehead atoms. The number of nitrogens with zero attached hydrogens (tertiary/aromatic N) is 1. The first-order chi connectivity index (χ1) is 15.9. The Hall–Kier alpha value is -3.28. The highest BCUT2D eigenvalue weighted by atomic mass is 31.1. The normalized spacial score (nSPS) is 14.3. The van der Waals surface area contributed by atoms with Gasteiger partial charge >= 0.3 is 0 Å². The molecule has 2 heteroatoms. The molecule has 154 valence electrons. The smallest absolute Gasteiger partial charge is 0.0541 e. The van der Waals surface area contributed by atoms with Crippen molar-refractivity contribution < 1.29 is 0 Å². The van der Waals surface area contributed by atoms with Crippen molar-refractivity contribution in [3.05, 3.63) is 108 Å². The molecule has 2 aromatic heterocycles. The van der Waals surface area contributed by atoms with E-state index in [1.54, 1.807) is 5.56 Å². The van der Waals surface area contributed by atoms with E-state index in [0.717, 1.165) is 0 Å². The van der Waals surface area contributed by atoms with E-state index in [1.807, 2.05) is 0 Å². The van der Waals surface area contributed by atoms with Crippen LogP contribution in [0.15, 0.2) is 97.1 Å². The molecule has 0 fully saturated rings. The molecule has 1 unspecified atom stereocenters. The van der Waals surface area contributed by atoms with Crippen molar-refractivity contribution in [2.24, 2.45) is 0 Å². The minimum atomic E-state index is -0.513. The summed E-state index contributed by atoms with van der Waals surface area (Å²) < 4.78 is 2.55. The Balaban J connectivity index is 1.66. The molecular formula is C30H24NP. The number of para-hydroxylation sites is 1. The van der Waals surface area contributed by atoms with Gasteiger partial charge in [-0.05, 0) is 71.6 Å². The van der Waals surface area contributed by atoms with E-state index in [-0.39, 0.29) is 0 Å². The van der Waals surface area contributed by atoms with Crippen LogP contribution in [0.2, 0.25) is 0 Å². The number of fused-ring (bicyclic) bond motifs is 6. The molecule has 0 radical (unpaired) electrons. The molecule has 0 saturated heterocycles. The number of hydrogen-bond acceptors (Lipinski definition) is 0. The minimum absolute atomic E-state index is 0.513. The van der Waals surface area contributed by atoms with Crippen LogP contribution in [0.5, 0.6) is 0 Å². The summed E-state index contributed by atoms with van der Waals surface area (Å²) >= 11 is 0. The molecule has 0 amide bonds. The molecule has 7 rings (SSSR count). The lowest BCUT2D eigenvalue weighted by atomic mass is 9.95. The molecule has 32 heavy (non-hydrogen) atoms. The van der Waals surface area contributed by atoms with Gasteiger partial charge in [-0.25, -0.2) is 0 Å². The van der Waals surface area contributed by atoms with Gasteiger partial charge in [0.25, 0.3) is 0 Å². The van der Waals surface area contributed by atoms with Gasteiger partial charge in [0.05, 0.1) is 5.52 Å². The maximum absolute atomic E-state index is 2.56. The first-order valence-corrected chi connectivity index (χ1v) is 12.9. The standard InChI is InChI=1S/C30H24NP/c1-3-11-21(12-4-1)31-27-17-9-7-15-23(27)25-20-30-26(19-28(25)31)24-16-8-10-18-29(24)32(30)22-13-5-2-6-14-22/h1-6,8,10-14,16,18-20H,7,9,15,17H2. The summed E-state index contributed by atoms with van der Waals surface area (Å²) in [6, 6.07) is 36.2. The molecule has 4 aromatic carbocycles. The van der Waals surface area contributed by atoms with Gasteiger partial charge in [0.15, 0.2) is 0 Å². The third-order valence-corrected chi connectivity index (χ3v) is 9.63. The van der Waals surface area contributed by atoms with E-state index in [4.69, 9.17) is 0 Å².